The molecule has 1 aliphatic carbocycles. The maximum absolute atomic E-state index is 13.6. The van der Waals surface area contributed by atoms with Gasteiger partial charge in [0.15, 0.2) is 6.10 Å². The van der Waals surface area contributed by atoms with Crippen LogP contribution in [-0.2, 0) is 32.4 Å². The van der Waals surface area contributed by atoms with Crippen molar-refractivity contribution < 1.29 is 22.7 Å². The Kier molecular flexibility index (Phi) is 4.91. The number of aryl methyl sites for hydroxylation is 2. The second kappa shape index (κ2) is 7.59. The number of hydrogen-bond acceptors (Lipinski definition) is 5. The van der Waals surface area contributed by atoms with Crippen molar-refractivity contribution in [2.24, 2.45) is 0 Å². The molecule has 1 saturated heterocycles. The van der Waals surface area contributed by atoms with Gasteiger partial charge in [-0.15, -0.1) is 0 Å². The lowest BCUT2D eigenvalue weighted by Crippen LogP contribution is -2.54. The minimum absolute atomic E-state index is 0.0490. The van der Waals surface area contributed by atoms with Crippen LogP contribution in [0.15, 0.2) is 47.4 Å². The summed E-state index contributed by atoms with van der Waals surface area (Å²) < 4.78 is 39.8. The second-order valence-corrected chi connectivity index (χ2v) is 9.69. The van der Waals surface area contributed by atoms with Gasteiger partial charge in [-0.1, -0.05) is 18.2 Å². The van der Waals surface area contributed by atoms with E-state index in [0.717, 1.165) is 24.8 Å². The Morgan fingerprint density at radius 3 is 2.60 bits per heavy atom. The first-order chi connectivity index (χ1) is 14.5. The summed E-state index contributed by atoms with van der Waals surface area (Å²) >= 11 is 0. The summed E-state index contributed by atoms with van der Waals surface area (Å²) in [6, 6.07) is 12.4. The van der Waals surface area contributed by atoms with Gasteiger partial charge in [-0.2, -0.15) is 0 Å². The van der Waals surface area contributed by atoms with Gasteiger partial charge in [0.2, 0.25) is 0 Å². The predicted molar refractivity (Wildman–Crippen MR) is 111 cm³/mol. The van der Waals surface area contributed by atoms with Gasteiger partial charge in [0, 0.05) is 13.1 Å². The van der Waals surface area contributed by atoms with Gasteiger partial charge in [0.25, 0.3) is 15.9 Å². The zero-order chi connectivity index (χ0) is 20.7. The fourth-order valence-electron chi connectivity index (χ4n) is 4.38. The Labute approximate surface area is 176 Å². The first-order valence-corrected chi connectivity index (χ1v) is 11.7. The number of carbonyl (C=O) groups excluding carboxylic acids is 1. The number of hydrogen-bond donors (Lipinski definition) is 0. The van der Waals surface area contributed by atoms with Crippen LogP contribution in [0.25, 0.3) is 0 Å². The molecule has 2 aliphatic heterocycles. The molecule has 0 N–H and O–H groups in total. The van der Waals surface area contributed by atoms with Crippen LogP contribution >= 0.6 is 0 Å². The number of benzene rings is 2. The highest BCUT2D eigenvalue weighted by Gasteiger charge is 2.39. The van der Waals surface area contributed by atoms with Gasteiger partial charge in [0.05, 0.1) is 30.3 Å². The molecule has 1 amide bonds. The molecule has 5 rings (SSSR count). The van der Waals surface area contributed by atoms with E-state index in [9.17, 15) is 13.2 Å². The van der Waals surface area contributed by atoms with Crippen LogP contribution in [0.2, 0.25) is 0 Å². The van der Waals surface area contributed by atoms with Crippen molar-refractivity contribution in [2.45, 2.75) is 30.3 Å². The van der Waals surface area contributed by atoms with Gasteiger partial charge in [0.1, 0.15) is 5.75 Å². The van der Waals surface area contributed by atoms with Gasteiger partial charge >= 0.3 is 0 Å². The molecular weight excluding hydrogens is 404 g/mol. The van der Waals surface area contributed by atoms with Crippen molar-refractivity contribution in [2.75, 3.05) is 37.2 Å². The highest BCUT2D eigenvalue weighted by molar-refractivity contribution is 7.92. The molecule has 7 nitrogen and oxygen atoms in total. The molecule has 3 aliphatic rings. The number of carbonyl (C=O) groups is 1. The van der Waals surface area contributed by atoms with E-state index in [1.807, 2.05) is 6.07 Å². The van der Waals surface area contributed by atoms with Crippen LogP contribution in [0, 0.1) is 0 Å². The van der Waals surface area contributed by atoms with Crippen LogP contribution in [0.4, 0.5) is 5.69 Å². The lowest BCUT2D eigenvalue weighted by atomic mass is 10.1. The number of sulfonamides is 1. The van der Waals surface area contributed by atoms with E-state index < -0.39 is 16.1 Å². The zero-order valence-corrected chi connectivity index (χ0v) is 17.4. The molecule has 0 spiro atoms. The number of ether oxygens (including phenoxy) is 2. The van der Waals surface area contributed by atoms with Gasteiger partial charge in [-0.05, 0) is 54.7 Å². The van der Waals surface area contributed by atoms with Gasteiger partial charge < -0.3 is 14.4 Å². The first-order valence-electron chi connectivity index (χ1n) is 10.3. The Balaban J connectivity index is 1.50. The number of fused-ring (bicyclic) bond motifs is 2. The SMILES string of the molecule is O=C([C@H]1CN(S(=O)(=O)c2ccc3c(c2)CCC3)c2ccccc2O1)N1CCOCC1. The number of amides is 1. The fraction of sp³-hybridized carbons (Fsp3) is 0.409. The van der Waals surface area contributed by atoms with Gasteiger partial charge in [-0.3, -0.25) is 9.10 Å². The minimum atomic E-state index is -3.84. The third kappa shape index (κ3) is 3.33. The molecule has 0 aromatic heterocycles. The first kappa shape index (κ1) is 19.4. The summed E-state index contributed by atoms with van der Waals surface area (Å²) in [5, 5.41) is 0. The molecular formula is C22H24N2O5S. The maximum Gasteiger partial charge on any atom is 0.265 e. The monoisotopic (exact) mass is 428 g/mol. The van der Waals surface area contributed by atoms with Crippen molar-refractivity contribution in [3.63, 3.8) is 0 Å². The average molecular weight is 429 g/mol. The predicted octanol–water partition coefficient (Wildman–Crippen LogP) is 1.99. The topological polar surface area (TPSA) is 76.2 Å². The molecule has 1 fully saturated rings. The number of morpholine rings is 1. The molecule has 0 saturated carbocycles. The van der Waals surface area contributed by atoms with E-state index in [0.29, 0.717) is 37.7 Å². The number of rotatable bonds is 3. The van der Waals surface area contributed by atoms with Crippen molar-refractivity contribution in [1.82, 2.24) is 4.90 Å². The highest BCUT2D eigenvalue weighted by Crippen LogP contribution is 2.37. The van der Waals surface area contributed by atoms with Crippen molar-refractivity contribution >= 4 is 21.6 Å². The molecule has 2 heterocycles. The van der Waals surface area contributed by atoms with E-state index >= 15 is 0 Å². The molecule has 0 unspecified atom stereocenters. The number of para-hydroxylation sites is 2. The van der Waals surface area contributed by atoms with E-state index in [1.54, 1.807) is 41.3 Å². The number of anilines is 1. The van der Waals surface area contributed by atoms with Crippen LogP contribution in [-0.4, -0.2) is 58.2 Å². The van der Waals surface area contributed by atoms with E-state index in [2.05, 4.69) is 0 Å². The lowest BCUT2D eigenvalue weighted by Gasteiger charge is -2.37. The quantitative estimate of drug-likeness (QED) is 0.747. The Bertz CT molecular complexity index is 1080. The van der Waals surface area contributed by atoms with E-state index in [-0.39, 0.29) is 17.3 Å². The Morgan fingerprint density at radius 1 is 1.00 bits per heavy atom. The molecule has 8 heteroatoms. The summed E-state index contributed by atoms with van der Waals surface area (Å²) in [4.78, 5) is 15.0. The number of nitrogens with zero attached hydrogens (tertiary/aromatic N) is 2. The third-order valence-electron chi connectivity index (χ3n) is 5.99. The Hall–Kier alpha value is -2.58. The highest BCUT2D eigenvalue weighted by atomic mass is 32.2. The average Bonchev–Trinajstić information content (AvgIpc) is 3.26. The smallest absolute Gasteiger partial charge is 0.265 e. The van der Waals surface area contributed by atoms with Crippen molar-refractivity contribution in [3.05, 3.63) is 53.6 Å². The lowest BCUT2D eigenvalue weighted by molar-refractivity contribution is -0.142. The zero-order valence-electron chi connectivity index (χ0n) is 16.6. The molecule has 158 valence electrons. The van der Waals surface area contributed by atoms with E-state index in [4.69, 9.17) is 9.47 Å². The van der Waals surface area contributed by atoms with Crippen LogP contribution in [0.3, 0.4) is 0 Å². The molecule has 1 atom stereocenters. The van der Waals surface area contributed by atoms with E-state index in [1.165, 1.54) is 9.87 Å². The largest absolute Gasteiger partial charge is 0.476 e. The van der Waals surface area contributed by atoms with Crippen molar-refractivity contribution in [1.29, 1.82) is 0 Å². The molecule has 2 aromatic carbocycles. The standard InChI is InChI=1S/C22H24N2O5S/c25-22(23-10-12-28-13-11-23)21-15-24(19-6-1-2-7-20(19)29-21)30(26,27)18-9-8-16-4-3-5-17(16)14-18/h1-2,6-9,14,21H,3-5,10-13,15H2/t21-/m1/s1. The third-order valence-corrected chi connectivity index (χ3v) is 7.77. The molecule has 2 aromatic rings. The second-order valence-electron chi connectivity index (χ2n) is 7.83. The Morgan fingerprint density at radius 2 is 1.77 bits per heavy atom. The van der Waals surface area contributed by atoms with Crippen LogP contribution < -0.4 is 9.04 Å². The van der Waals surface area contributed by atoms with Crippen molar-refractivity contribution in [3.8, 4) is 5.75 Å². The van der Waals surface area contributed by atoms with Crippen LogP contribution in [0.1, 0.15) is 17.5 Å². The maximum atomic E-state index is 13.6. The minimum Gasteiger partial charge on any atom is -0.476 e. The molecule has 30 heavy (non-hydrogen) atoms. The molecule has 0 radical (unpaired) electrons. The summed E-state index contributed by atoms with van der Waals surface area (Å²) in [5.41, 5.74) is 2.78. The molecule has 0 bridgehead atoms. The fourth-order valence-corrected chi connectivity index (χ4v) is 5.91. The summed E-state index contributed by atoms with van der Waals surface area (Å²) in [6.45, 7) is 1.88. The summed E-state index contributed by atoms with van der Waals surface area (Å²) in [7, 11) is -3.84. The summed E-state index contributed by atoms with van der Waals surface area (Å²) in [6.07, 6.45) is 2.06. The normalized spacial score (nSPS) is 21.0. The summed E-state index contributed by atoms with van der Waals surface area (Å²) in [5.74, 6) is 0.196. The van der Waals surface area contributed by atoms with Crippen LogP contribution in [0.5, 0.6) is 5.75 Å². The van der Waals surface area contributed by atoms with Gasteiger partial charge in [-0.25, -0.2) is 8.42 Å².